The fourth-order valence-electron chi connectivity index (χ4n) is 4.68. The van der Waals surface area contributed by atoms with Gasteiger partial charge in [-0.3, -0.25) is 4.40 Å². The Morgan fingerprint density at radius 3 is 2.48 bits per heavy atom. The van der Waals surface area contributed by atoms with Crippen molar-refractivity contribution >= 4 is 5.65 Å². The van der Waals surface area contributed by atoms with Gasteiger partial charge in [0.05, 0.1) is 5.60 Å². The van der Waals surface area contributed by atoms with Crippen LogP contribution in [0.4, 0.5) is 0 Å². The molecule has 5 rings (SSSR count). The Morgan fingerprint density at radius 2 is 1.76 bits per heavy atom. The minimum atomic E-state index is 0.0456. The summed E-state index contributed by atoms with van der Waals surface area (Å²) in [5, 5.41) is 9.06. The molecule has 2 heterocycles. The molecule has 0 aliphatic heterocycles. The van der Waals surface area contributed by atoms with Crippen LogP contribution in [-0.4, -0.2) is 27.3 Å². The first kappa shape index (κ1) is 14.9. The number of aromatic nitrogens is 3. The van der Waals surface area contributed by atoms with Crippen molar-refractivity contribution in [3.63, 3.8) is 0 Å². The highest BCUT2D eigenvalue weighted by Crippen LogP contribution is 2.58. The van der Waals surface area contributed by atoms with E-state index in [1.165, 1.54) is 0 Å². The van der Waals surface area contributed by atoms with Crippen LogP contribution in [0.15, 0.2) is 48.7 Å². The van der Waals surface area contributed by atoms with Gasteiger partial charge in [0.25, 0.3) is 0 Å². The summed E-state index contributed by atoms with van der Waals surface area (Å²) in [5.74, 6) is 2.59. The van der Waals surface area contributed by atoms with Crippen LogP contribution < -0.4 is 4.74 Å². The molecule has 0 saturated heterocycles. The van der Waals surface area contributed by atoms with Crippen LogP contribution in [0.2, 0.25) is 0 Å². The lowest BCUT2D eigenvalue weighted by molar-refractivity contribution is -0.000309. The second kappa shape index (κ2) is 5.30. The van der Waals surface area contributed by atoms with Crippen LogP contribution >= 0.6 is 0 Å². The van der Waals surface area contributed by atoms with Crippen molar-refractivity contribution < 1.29 is 9.47 Å². The molecule has 5 nitrogen and oxygen atoms in total. The van der Waals surface area contributed by atoms with E-state index in [1.54, 1.807) is 0 Å². The Labute approximate surface area is 146 Å². The summed E-state index contributed by atoms with van der Waals surface area (Å²) in [6.45, 7) is 0. The van der Waals surface area contributed by atoms with Gasteiger partial charge in [-0.2, -0.15) is 0 Å². The van der Waals surface area contributed by atoms with Gasteiger partial charge in [0.15, 0.2) is 5.75 Å². The third-order valence-electron chi connectivity index (χ3n) is 6.06. The van der Waals surface area contributed by atoms with Crippen molar-refractivity contribution in [2.24, 2.45) is 0 Å². The second-order valence-electron chi connectivity index (χ2n) is 7.35. The van der Waals surface area contributed by atoms with Gasteiger partial charge in [-0.1, -0.05) is 18.2 Å². The lowest BCUT2D eigenvalue weighted by Gasteiger charge is -2.25. The maximum atomic E-state index is 6.04. The topological polar surface area (TPSA) is 48.7 Å². The number of ether oxygens (including phenoxy) is 2. The van der Waals surface area contributed by atoms with E-state index in [4.69, 9.17) is 9.47 Å². The molecule has 0 spiro atoms. The van der Waals surface area contributed by atoms with E-state index in [0.29, 0.717) is 0 Å². The quantitative estimate of drug-likeness (QED) is 0.719. The molecule has 2 saturated carbocycles. The van der Waals surface area contributed by atoms with Crippen molar-refractivity contribution in [1.29, 1.82) is 0 Å². The molecule has 2 bridgehead atoms. The molecule has 2 fully saturated rings. The number of hydrogen-bond donors (Lipinski definition) is 0. The molecular weight excluding hydrogens is 314 g/mol. The Morgan fingerprint density at radius 1 is 0.960 bits per heavy atom. The first-order valence-electron chi connectivity index (χ1n) is 8.86. The van der Waals surface area contributed by atoms with Crippen molar-refractivity contribution in [2.45, 2.75) is 43.1 Å². The van der Waals surface area contributed by atoms with Gasteiger partial charge in [0, 0.05) is 18.7 Å². The summed E-state index contributed by atoms with van der Waals surface area (Å²) in [6, 6.07) is 13.7. The summed E-state index contributed by atoms with van der Waals surface area (Å²) in [5.41, 5.74) is 0.905. The van der Waals surface area contributed by atoms with E-state index < -0.39 is 0 Å². The predicted octanol–water partition coefficient (Wildman–Crippen LogP) is 4.12. The van der Waals surface area contributed by atoms with Crippen molar-refractivity contribution in [2.75, 3.05) is 7.11 Å². The predicted molar refractivity (Wildman–Crippen MR) is 94.0 cm³/mol. The van der Waals surface area contributed by atoms with Gasteiger partial charge in [-0.15, -0.1) is 10.2 Å². The Bertz CT molecular complexity index is 911. The second-order valence-corrected chi connectivity index (χ2v) is 7.35. The average molecular weight is 335 g/mol. The maximum absolute atomic E-state index is 6.04. The van der Waals surface area contributed by atoms with Crippen LogP contribution in [-0.2, 0) is 10.2 Å². The zero-order chi connectivity index (χ0) is 16.9. The zero-order valence-electron chi connectivity index (χ0n) is 14.3. The third-order valence-corrected chi connectivity index (χ3v) is 6.06. The maximum Gasteiger partial charge on any atom is 0.203 e. The molecule has 0 amide bonds. The van der Waals surface area contributed by atoms with Gasteiger partial charge in [0.2, 0.25) is 5.65 Å². The number of fused-ring (bicyclic) bond motifs is 3. The summed E-state index contributed by atoms with van der Waals surface area (Å²) in [7, 11) is 1.84. The van der Waals surface area contributed by atoms with Crippen LogP contribution in [0.5, 0.6) is 11.5 Å². The number of nitrogens with zero attached hydrogens (tertiary/aromatic N) is 3. The molecule has 0 unspecified atom stereocenters. The van der Waals surface area contributed by atoms with Crippen molar-refractivity contribution in [3.05, 3.63) is 54.5 Å². The van der Waals surface area contributed by atoms with Crippen molar-refractivity contribution in [1.82, 2.24) is 14.6 Å². The van der Waals surface area contributed by atoms with E-state index in [-0.39, 0.29) is 11.0 Å². The van der Waals surface area contributed by atoms with Crippen LogP contribution in [0, 0.1) is 0 Å². The van der Waals surface area contributed by atoms with Gasteiger partial charge < -0.3 is 9.47 Å². The number of pyridine rings is 1. The number of para-hydroxylation sites is 1. The summed E-state index contributed by atoms with van der Waals surface area (Å²) in [4.78, 5) is 0. The summed E-state index contributed by atoms with van der Waals surface area (Å²) >= 11 is 0. The molecule has 1 aromatic carbocycles. The molecule has 2 aliphatic carbocycles. The highest BCUT2D eigenvalue weighted by atomic mass is 16.5. The van der Waals surface area contributed by atoms with Crippen molar-refractivity contribution in [3.8, 4) is 11.5 Å². The minimum Gasteiger partial charge on any atom is -0.453 e. The molecular formula is C20H21N3O2. The van der Waals surface area contributed by atoms with E-state index in [9.17, 15) is 0 Å². The molecule has 3 aromatic rings. The summed E-state index contributed by atoms with van der Waals surface area (Å²) in [6.07, 6.45) is 7.54. The highest BCUT2D eigenvalue weighted by molar-refractivity contribution is 5.55. The van der Waals surface area contributed by atoms with Gasteiger partial charge in [0.1, 0.15) is 11.6 Å². The fourth-order valence-corrected chi connectivity index (χ4v) is 4.68. The van der Waals surface area contributed by atoms with Gasteiger partial charge >= 0.3 is 0 Å². The van der Waals surface area contributed by atoms with E-state index in [0.717, 1.165) is 55.1 Å². The monoisotopic (exact) mass is 335 g/mol. The van der Waals surface area contributed by atoms with Crippen LogP contribution in [0.25, 0.3) is 5.65 Å². The largest absolute Gasteiger partial charge is 0.453 e. The lowest BCUT2D eigenvalue weighted by atomic mass is 9.83. The third kappa shape index (κ3) is 2.19. The molecule has 25 heavy (non-hydrogen) atoms. The fraction of sp³-hybridized carbons (Fsp3) is 0.400. The molecule has 2 aliphatic rings. The molecule has 128 valence electrons. The number of rotatable bonds is 4. The van der Waals surface area contributed by atoms with E-state index in [1.807, 2.05) is 55.8 Å². The first-order chi connectivity index (χ1) is 12.2. The van der Waals surface area contributed by atoms with Crippen LogP contribution in [0.3, 0.4) is 0 Å². The standard InChI is InChI=1S/C20H21N3O2/c1-24-20-11-9-19(14-20,10-12-20)18-22-21-17-16(8-5-13-23(17)18)25-15-6-3-2-4-7-15/h2-8,13H,9-12,14H2,1H3. The molecule has 2 aromatic heterocycles. The highest BCUT2D eigenvalue weighted by Gasteiger charge is 2.57. The Hall–Kier alpha value is -2.40. The number of methoxy groups -OCH3 is 1. The zero-order valence-corrected chi connectivity index (χ0v) is 14.3. The van der Waals surface area contributed by atoms with Gasteiger partial charge in [-0.05, 0) is 56.4 Å². The molecule has 0 N–H and O–H groups in total. The first-order valence-corrected chi connectivity index (χ1v) is 8.86. The normalized spacial score (nSPS) is 27.9. The minimum absolute atomic E-state index is 0.0456. The van der Waals surface area contributed by atoms with Crippen LogP contribution in [0.1, 0.15) is 37.9 Å². The number of benzene rings is 1. The molecule has 0 radical (unpaired) electrons. The van der Waals surface area contributed by atoms with Gasteiger partial charge in [-0.25, -0.2) is 0 Å². The SMILES string of the molecule is COC12CCC(c3nnc4c(Oc5ccccc5)cccn34)(CC1)C2. The molecule has 0 atom stereocenters. The van der Waals surface area contributed by atoms with E-state index in [2.05, 4.69) is 14.6 Å². The molecule has 5 heteroatoms. The smallest absolute Gasteiger partial charge is 0.203 e. The summed E-state index contributed by atoms with van der Waals surface area (Å²) < 4.78 is 14.0. The number of hydrogen-bond acceptors (Lipinski definition) is 4. The lowest BCUT2D eigenvalue weighted by Crippen LogP contribution is -2.24. The Kier molecular flexibility index (Phi) is 3.16. The van der Waals surface area contributed by atoms with E-state index >= 15 is 0 Å². The average Bonchev–Trinajstić information content (AvgIpc) is 3.35. The Balaban J connectivity index is 1.56.